The van der Waals surface area contributed by atoms with Crippen molar-refractivity contribution in [1.29, 1.82) is 0 Å². The van der Waals surface area contributed by atoms with Crippen molar-refractivity contribution in [2.45, 2.75) is 64.4 Å². The second-order valence-corrected chi connectivity index (χ2v) is 7.54. The van der Waals surface area contributed by atoms with Crippen LogP contribution in [0.25, 0.3) is 0 Å². The number of benzene rings is 1. The molecule has 144 valence electrons. The third kappa shape index (κ3) is 3.62. The first-order valence-electron chi connectivity index (χ1n) is 10.3. The zero-order chi connectivity index (χ0) is 18.7. The van der Waals surface area contributed by atoms with Crippen LogP contribution in [-0.4, -0.2) is 32.6 Å². The zero-order valence-corrected chi connectivity index (χ0v) is 16.6. The molecule has 3 atom stereocenters. The maximum absolute atomic E-state index is 12.1. The van der Waals surface area contributed by atoms with Crippen molar-refractivity contribution in [3.63, 3.8) is 0 Å². The fourth-order valence-corrected chi connectivity index (χ4v) is 4.51. The van der Waals surface area contributed by atoms with Gasteiger partial charge in [0.15, 0.2) is 23.4 Å². The highest BCUT2D eigenvalue weighted by Gasteiger charge is 2.50. The molecule has 0 aromatic heterocycles. The second-order valence-electron chi connectivity index (χ2n) is 7.54. The van der Waals surface area contributed by atoms with E-state index in [1.54, 1.807) is 7.11 Å². The molecular formula is C22H33NO3. The first-order chi connectivity index (χ1) is 12.7. The fourth-order valence-electron chi connectivity index (χ4n) is 4.51. The van der Waals surface area contributed by atoms with Crippen LogP contribution < -0.4 is 14.8 Å². The third-order valence-electron chi connectivity index (χ3n) is 5.94. The van der Waals surface area contributed by atoms with Gasteiger partial charge >= 0.3 is 0 Å². The van der Waals surface area contributed by atoms with Gasteiger partial charge in [-0.3, -0.25) is 4.79 Å². The van der Waals surface area contributed by atoms with Gasteiger partial charge in [0.2, 0.25) is 0 Å². The van der Waals surface area contributed by atoms with Gasteiger partial charge in [-0.15, -0.1) is 0 Å². The van der Waals surface area contributed by atoms with Gasteiger partial charge < -0.3 is 14.8 Å². The molecule has 1 aromatic carbocycles. The predicted molar refractivity (Wildman–Crippen MR) is 104 cm³/mol. The maximum Gasteiger partial charge on any atom is 0.173 e. The number of methoxy groups -OCH3 is 1. The van der Waals surface area contributed by atoms with Crippen molar-refractivity contribution in [2.75, 3.05) is 20.7 Å². The van der Waals surface area contributed by atoms with Crippen LogP contribution in [-0.2, 0) is 11.2 Å². The Labute approximate surface area is 157 Å². The molecule has 4 nitrogen and oxygen atoms in total. The van der Waals surface area contributed by atoms with Crippen molar-refractivity contribution in [3.8, 4) is 11.5 Å². The highest BCUT2D eigenvalue weighted by Crippen LogP contribution is 2.55. The SMILES string of the molecule is CC.CNCC1CC1.COc1ccc2c3c1OC1C(=O)CCC(CC2)C31. The number of aryl methyl sites for hydroxylation is 1. The lowest BCUT2D eigenvalue weighted by Gasteiger charge is -2.35. The number of Topliss-reactive ketones (excluding diaryl/α,β-unsaturated/α-hetero) is 1. The zero-order valence-electron chi connectivity index (χ0n) is 16.6. The van der Waals surface area contributed by atoms with E-state index < -0.39 is 0 Å². The number of ether oxygens (including phenoxy) is 2. The average molecular weight is 360 g/mol. The summed E-state index contributed by atoms with van der Waals surface area (Å²) in [6, 6.07) is 4.11. The number of hydrogen-bond acceptors (Lipinski definition) is 4. The first-order valence-corrected chi connectivity index (χ1v) is 10.3. The predicted octanol–water partition coefficient (Wildman–Crippen LogP) is 4.11. The van der Waals surface area contributed by atoms with Crippen LogP contribution in [0, 0.1) is 11.8 Å². The van der Waals surface area contributed by atoms with Crippen molar-refractivity contribution >= 4 is 5.78 Å². The Hall–Kier alpha value is -1.55. The van der Waals surface area contributed by atoms with Crippen LogP contribution >= 0.6 is 0 Å². The van der Waals surface area contributed by atoms with E-state index in [4.69, 9.17) is 9.47 Å². The molecule has 0 spiro atoms. The molecule has 0 amide bonds. The van der Waals surface area contributed by atoms with Gasteiger partial charge in [0.25, 0.3) is 0 Å². The van der Waals surface area contributed by atoms with E-state index in [1.807, 2.05) is 27.0 Å². The number of carbonyl (C=O) groups excluding carboxylic acids is 1. The highest BCUT2D eigenvalue weighted by molar-refractivity contribution is 5.87. The smallest absolute Gasteiger partial charge is 0.173 e. The Balaban J connectivity index is 0.000000208. The normalized spacial score (nSPS) is 27.2. The van der Waals surface area contributed by atoms with E-state index in [9.17, 15) is 4.79 Å². The van der Waals surface area contributed by atoms with Gasteiger partial charge in [-0.25, -0.2) is 0 Å². The Morgan fingerprint density at radius 1 is 1.15 bits per heavy atom. The average Bonchev–Trinajstić information content (AvgIpc) is 3.41. The van der Waals surface area contributed by atoms with Gasteiger partial charge in [-0.2, -0.15) is 0 Å². The molecule has 4 heteroatoms. The molecular weight excluding hydrogens is 326 g/mol. The lowest BCUT2D eigenvalue weighted by atomic mass is 9.67. The minimum atomic E-state index is -0.242. The van der Waals surface area contributed by atoms with Crippen molar-refractivity contribution in [2.24, 2.45) is 11.8 Å². The summed E-state index contributed by atoms with van der Waals surface area (Å²) in [5, 5.41) is 3.13. The van der Waals surface area contributed by atoms with Crippen molar-refractivity contribution in [3.05, 3.63) is 23.3 Å². The Morgan fingerprint density at radius 2 is 1.88 bits per heavy atom. The van der Waals surface area contributed by atoms with Crippen LogP contribution in [0.15, 0.2) is 12.1 Å². The summed E-state index contributed by atoms with van der Waals surface area (Å²) in [6.45, 7) is 5.24. The number of hydrogen-bond donors (Lipinski definition) is 1. The summed E-state index contributed by atoms with van der Waals surface area (Å²) in [5.41, 5.74) is 2.62. The number of nitrogens with one attached hydrogen (secondary N) is 1. The molecule has 3 aliphatic carbocycles. The fraction of sp³-hybridized carbons (Fsp3) is 0.682. The molecule has 1 N–H and O–H groups in total. The lowest BCUT2D eigenvalue weighted by molar-refractivity contribution is -0.129. The summed E-state index contributed by atoms with van der Waals surface area (Å²) >= 11 is 0. The lowest BCUT2D eigenvalue weighted by Crippen LogP contribution is -2.39. The number of rotatable bonds is 3. The van der Waals surface area contributed by atoms with E-state index in [2.05, 4.69) is 11.4 Å². The van der Waals surface area contributed by atoms with Crippen LogP contribution in [0.2, 0.25) is 0 Å². The van der Waals surface area contributed by atoms with Crippen LogP contribution in [0.5, 0.6) is 11.5 Å². The van der Waals surface area contributed by atoms with E-state index >= 15 is 0 Å². The molecule has 5 rings (SSSR count). The molecule has 0 saturated heterocycles. The van der Waals surface area contributed by atoms with Gasteiger partial charge in [0, 0.05) is 17.9 Å². The van der Waals surface area contributed by atoms with Gasteiger partial charge in [-0.1, -0.05) is 19.9 Å². The van der Waals surface area contributed by atoms with E-state index in [0.29, 0.717) is 18.3 Å². The third-order valence-corrected chi connectivity index (χ3v) is 5.94. The van der Waals surface area contributed by atoms with E-state index in [-0.39, 0.29) is 11.9 Å². The molecule has 1 aromatic rings. The minimum absolute atomic E-state index is 0.242. The summed E-state index contributed by atoms with van der Waals surface area (Å²) in [4.78, 5) is 12.1. The standard InChI is InChI=1S/C15H16O3.C5H11N.C2H6/c1-17-11-7-5-9-3-2-8-4-6-10(16)14-12(8)13(9)15(11)18-14;1-6-4-5-2-3-5;1-2/h5,7-8,12,14H,2-4,6H2,1H3;5-6H,2-4H2,1H3;1-2H3. The van der Waals surface area contributed by atoms with Crippen LogP contribution in [0.4, 0.5) is 0 Å². The van der Waals surface area contributed by atoms with Crippen molar-refractivity contribution in [1.82, 2.24) is 5.32 Å². The Bertz CT molecular complexity index is 639. The van der Waals surface area contributed by atoms with Gasteiger partial charge in [0.1, 0.15) is 0 Å². The topological polar surface area (TPSA) is 47.6 Å². The molecule has 3 unspecified atom stereocenters. The molecule has 2 saturated carbocycles. The quantitative estimate of drug-likeness (QED) is 0.882. The highest BCUT2D eigenvalue weighted by atomic mass is 16.5. The van der Waals surface area contributed by atoms with Gasteiger partial charge in [0.05, 0.1) is 7.11 Å². The Morgan fingerprint density at radius 3 is 2.50 bits per heavy atom. The number of carbonyl (C=O) groups is 1. The first kappa shape index (κ1) is 19.2. The Kier molecular flexibility index (Phi) is 6.23. The molecule has 1 aliphatic heterocycles. The molecule has 26 heavy (non-hydrogen) atoms. The second kappa shape index (κ2) is 8.43. The van der Waals surface area contributed by atoms with Crippen LogP contribution in [0.3, 0.4) is 0 Å². The summed E-state index contributed by atoms with van der Waals surface area (Å²) in [5.74, 6) is 3.83. The molecule has 2 fully saturated rings. The molecule has 1 heterocycles. The van der Waals surface area contributed by atoms with Crippen LogP contribution in [0.1, 0.15) is 63.0 Å². The minimum Gasteiger partial charge on any atom is -0.493 e. The largest absolute Gasteiger partial charge is 0.493 e. The summed E-state index contributed by atoms with van der Waals surface area (Å²) in [7, 11) is 3.67. The summed E-state index contributed by atoms with van der Waals surface area (Å²) in [6.07, 6.45) is 6.68. The monoisotopic (exact) mass is 359 g/mol. The van der Waals surface area contributed by atoms with Gasteiger partial charge in [-0.05, 0) is 69.2 Å². The molecule has 4 aliphatic rings. The number of ketones is 1. The maximum atomic E-state index is 12.1. The summed E-state index contributed by atoms with van der Waals surface area (Å²) < 4.78 is 11.3. The van der Waals surface area contributed by atoms with E-state index in [1.165, 1.54) is 36.9 Å². The van der Waals surface area contributed by atoms with Crippen molar-refractivity contribution < 1.29 is 14.3 Å². The molecule has 0 bridgehead atoms. The van der Waals surface area contributed by atoms with E-state index in [0.717, 1.165) is 30.3 Å². The molecule has 0 radical (unpaired) electrons.